The summed E-state index contributed by atoms with van der Waals surface area (Å²) < 4.78 is 13.7. The number of benzene rings is 1. The molecule has 3 heteroatoms. The Labute approximate surface area is 128 Å². The van der Waals surface area contributed by atoms with Gasteiger partial charge in [-0.1, -0.05) is 26.0 Å². The lowest BCUT2D eigenvalue weighted by atomic mass is 9.95. The summed E-state index contributed by atoms with van der Waals surface area (Å²) in [5, 5.41) is 3.01. The average molecular weight is 290 g/mol. The van der Waals surface area contributed by atoms with E-state index < -0.39 is 5.67 Å². The molecule has 0 heterocycles. The van der Waals surface area contributed by atoms with E-state index in [9.17, 15) is 4.39 Å². The summed E-state index contributed by atoms with van der Waals surface area (Å²) in [6.07, 6.45) is 3.34. The Bertz CT molecular complexity index is 523. The van der Waals surface area contributed by atoms with Crippen LogP contribution < -0.4 is 5.32 Å². The maximum absolute atomic E-state index is 13.7. The number of allylic oxidation sites excluding steroid dienone is 2. The molecule has 1 rings (SSSR count). The minimum atomic E-state index is -1.34. The third-order valence-electron chi connectivity index (χ3n) is 3.25. The van der Waals surface area contributed by atoms with Crippen LogP contribution in [0.2, 0.25) is 0 Å². The smallest absolute Gasteiger partial charge is 0.124 e. The van der Waals surface area contributed by atoms with Gasteiger partial charge in [-0.3, -0.25) is 4.99 Å². The largest absolute Gasteiger partial charge is 0.301 e. The first kappa shape index (κ1) is 17.6. The molecule has 0 radical (unpaired) electrons. The lowest BCUT2D eigenvalue weighted by molar-refractivity contribution is 0.287. The summed E-state index contributed by atoms with van der Waals surface area (Å²) in [5.74, 6) is 0.455. The molecule has 0 fully saturated rings. The standard InChI is InChI=1S/C18H27FN2/c1-13(2)15-8-7-14(3)16(11-15)17(21-12-20-6)9-10-18(4,5)19/h7-11,13,20H,12H2,1-6H3/b10-9+,21-17?. The highest BCUT2D eigenvalue weighted by Crippen LogP contribution is 2.20. The molecule has 2 nitrogen and oxygen atoms in total. The molecule has 0 atom stereocenters. The molecule has 21 heavy (non-hydrogen) atoms. The highest BCUT2D eigenvalue weighted by atomic mass is 19.1. The van der Waals surface area contributed by atoms with E-state index in [0.717, 1.165) is 16.8 Å². The molecular weight excluding hydrogens is 263 g/mol. The Morgan fingerprint density at radius 2 is 2.05 bits per heavy atom. The van der Waals surface area contributed by atoms with Gasteiger partial charge in [-0.15, -0.1) is 0 Å². The van der Waals surface area contributed by atoms with Crippen molar-refractivity contribution in [2.24, 2.45) is 4.99 Å². The molecule has 0 unspecified atom stereocenters. The zero-order chi connectivity index (χ0) is 16.0. The minimum Gasteiger partial charge on any atom is -0.301 e. The number of hydrogen-bond donors (Lipinski definition) is 1. The van der Waals surface area contributed by atoms with Crippen molar-refractivity contribution < 1.29 is 4.39 Å². The van der Waals surface area contributed by atoms with Crippen molar-refractivity contribution in [2.45, 2.75) is 46.2 Å². The van der Waals surface area contributed by atoms with Crippen LogP contribution in [0.5, 0.6) is 0 Å². The fourth-order valence-corrected chi connectivity index (χ4v) is 1.94. The van der Waals surface area contributed by atoms with Gasteiger partial charge in [0.2, 0.25) is 0 Å². The van der Waals surface area contributed by atoms with Gasteiger partial charge in [0.05, 0.1) is 12.4 Å². The van der Waals surface area contributed by atoms with Gasteiger partial charge in [0.15, 0.2) is 0 Å². The molecule has 0 spiro atoms. The number of aryl methyl sites for hydroxylation is 1. The Hall–Kier alpha value is -1.48. The highest BCUT2D eigenvalue weighted by molar-refractivity contribution is 6.09. The molecule has 116 valence electrons. The van der Waals surface area contributed by atoms with Crippen LogP contribution in [0.1, 0.15) is 50.3 Å². The van der Waals surface area contributed by atoms with Crippen LogP contribution in [0.4, 0.5) is 4.39 Å². The maximum Gasteiger partial charge on any atom is 0.124 e. The second-order valence-electron chi connectivity index (χ2n) is 6.18. The predicted molar refractivity (Wildman–Crippen MR) is 90.1 cm³/mol. The van der Waals surface area contributed by atoms with Crippen molar-refractivity contribution >= 4 is 5.71 Å². The Balaban J connectivity index is 3.26. The number of hydrogen-bond acceptors (Lipinski definition) is 2. The van der Waals surface area contributed by atoms with E-state index in [1.807, 2.05) is 7.05 Å². The Morgan fingerprint density at radius 3 is 2.57 bits per heavy atom. The van der Waals surface area contributed by atoms with Crippen LogP contribution in [-0.4, -0.2) is 25.1 Å². The van der Waals surface area contributed by atoms with Gasteiger partial charge < -0.3 is 5.32 Å². The van der Waals surface area contributed by atoms with Gasteiger partial charge in [0, 0.05) is 5.56 Å². The second kappa shape index (κ2) is 7.51. The highest BCUT2D eigenvalue weighted by Gasteiger charge is 2.12. The summed E-state index contributed by atoms with van der Waals surface area (Å²) in [7, 11) is 1.85. The van der Waals surface area contributed by atoms with E-state index in [2.05, 4.69) is 49.3 Å². The average Bonchev–Trinajstić information content (AvgIpc) is 2.38. The molecular formula is C18H27FN2. The summed E-state index contributed by atoms with van der Waals surface area (Å²) in [5.41, 5.74) is 2.95. The first-order valence-corrected chi connectivity index (χ1v) is 7.42. The van der Waals surface area contributed by atoms with Crippen molar-refractivity contribution in [1.29, 1.82) is 0 Å². The molecule has 0 saturated carbocycles. The first-order chi connectivity index (χ1) is 9.74. The van der Waals surface area contributed by atoms with E-state index in [4.69, 9.17) is 0 Å². The quantitative estimate of drug-likeness (QED) is 0.772. The van der Waals surface area contributed by atoms with E-state index in [0.29, 0.717) is 12.6 Å². The van der Waals surface area contributed by atoms with Gasteiger partial charge >= 0.3 is 0 Å². The van der Waals surface area contributed by atoms with E-state index >= 15 is 0 Å². The van der Waals surface area contributed by atoms with Crippen molar-refractivity contribution in [3.8, 4) is 0 Å². The van der Waals surface area contributed by atoms with Crippen LogP contribution in [0.15, 0.2) is 35.3 Å². The first-order valence-electron chi connectivity index (χ1n) is 7.42. The van der Waals surface area contributed by atoms with Crippen molar-refractivity contribution in [1.82, 2.24) is 5.32 Å². The minimum absolute atomic E-state index is 0.455. The maximum atomic E-state index is 13.7. The lowest BCUT2D eigenvalue weighted by Gasteiger charge is -2.13. The van der Waals surface area contributed by atoms with Crippen LogP contribution in [0.25, 0.3) is 0 Å². The number of halogens is 1. The fraction of sp³-hybridized carbons (Fsp3) is 0.500. The summed E-state index contributed by atoms with van der Waals surface area (Å²) >= 11 is 0. The molecule has 1 N–H and O–H groups in total. The zero-order valence-electron chi connectivity index (χ0n) is 14.0. The number of rotatable bonds is 6. The van der Waals surface area contributed by atoms with E-state index in [1.54, 1.807) is 12.2 Å². The number of aliphatic imine (C=N–C) groups is 1. The predicted octanol–water partition coefficient (Wildman–Crippen LogP) is 4.39. The van der Waals surface area contributed by atoms with E-state index in [1.165, 1.54) is 19.4 Å². The van der Waals surface area contributed by atoms with Crippen LogP contribution >= 0.6 is 0 Å². The van der Waals surface area contributed by atoms with Crippen LogP contribution in [-0.2, 0) is 0 Å². The molecule has 0 aromatic heterocycles. The van der Waals surface area contributed by atoms with Gasteiger partial charge in [-0.05, 0) is 63.1 Å². The van der Waals surface area contributed by atoms with Crippen LogP contribution in [0.3, 0.4) is 0 Å². The SMILES string of the molecule is CNCN=C(/C=C/C(C)(C)F)c1cc(C(C)C)ccc1C. The number of nitrogens with one attached hydrogen (secondary N) is 1. The molecule has 0 amide bonds. The summed E-state index contributed by atoms with van der Waals surface area (Å²) in [6, 6.07) is 6.40. The van der Waals surface area contributed by atoms with Gasteiger partial charge in [-0.25, -0.2) is 4.39 Å². The van der Waals surface area contributed by atoms with Gasteiger partial charge in [0.25, 0.3) is 0 Å². The van der Waals surface area contributed by atoms with Gasteiger partial charge in [0.1, 0.15) is 5.67 Å². The Kier molecular flexibility index (Phi) is 6.28. The third-order valence-corrected chi connectivity index (χ3v) is 3.25. The third kappa shape index (κ3) is 5.80. The zero-order valence-corrected chi connectivity index (χ0v) is 14.0. The molecule has 0 aliphatic carbocycles. The normalized spacial score (nSPS) is 13.4. The lowest BCUT2D eigenvalue weighted by Crippen LogP contribution is -2.12. The molecule has 0 aliphatic rings. The molecule has 1 aromatic rings. The number of nitrogens with zero attached hydrogens (tertiary/aromatic N) is 1. The van der Waals surface area contributed by atoms with Crippen molar-refractivity contribution in [2.75, 3.05) is 13.7 Å². The van der Waals surface area contributed by atoms with Crippen LogP contribution in [0, 0.1) is 6.92 Å². The molecule has 0 saturated heterocycles. The molecule has 0 aliphatic heterocycles. The molecule has 0 bridgehead atoms. The topological polar surface area (TPSA) is 24.4 Å². The van der Waals surface area contributed by atoms with Gasteiger partial charge in [-0.2, -0.15) is 0 Å². The van der Waals surface area contributed by atoms with Crippen molar-refractivity contribution in [3.05, 3.63) is 47.0 Å². The monoisotopic (exact) mass is 290 g/mol. The number of alkyl halides is 1. The summed E-state index contributed by atoms with van der Waals surface area (Å²) in [6.45, 7) is 9.98. The fourth-order valence-electron chi connectivity index (χ4n) is 1.94. The Morgan fingerprint density at radius 1 is 1.38 bits per heavy atom. The molecule has 1 aromatic carbocycles. The second-order valence-corrected chi connectivity index (χ2v) is 6.18. The summed E-state index contributed by atoms with van der Waals surface area (Å²) in [4.78, 5) is 4.53. The van der Waals surface area contributed by atoms with E-state index in [-0.39, 0.29) is 0 Å². The van der Waals surface area contributed by atoms with Crippen molar-refractivity contribution in [3.63, 3.8) is 0 Å².